The first kappa shape index (κ1) is 19.1. The van der Waals surface area contributed by atoms with Crippen molar-refractivity contribution in [3.8, 4) is 0 Å². The molecule has 8 heteroatoms. The summed E-state index contributed by atoms with van der Waals surface area (Å²) in [5.41, 5.74) is 3.74. The van der Waals surface area contributed by atoms with Crippen LogP contribution in [0.4, 0.5) is 5.69 Å². The van der Waals surface area contributed by atoms with Crippen molar-refractivity contribution in [1.29, 1.82) is 0 Å². The molecule has 0 N–H and O–H groups in total. The van der Waals surface area contributed by atoms with Crippen LogP contribution in [0.2, 0.25) is 0 Å². The Morgan fingerprint density at radius 3 is 2.50 bits per heavy atom. The van der Waals surface area contributed by atoms with Crippen molar-refractivity contribution in [2.45, 2.75) is 44.9 Å². The maximum absolute atomic E-state index is 13.1. The van der Waals surface area contributed by atoms with E-state index in [0.29, 0.717) is 43.9 Å². The van der Waals surface area contributed by atoms with Crippen molar-refractivity contribution in [1.82, 2.24) is 9.46 Å². The highest BCUT2D eigenvalue weighted by Crippen LogP contribution is 2.35. The van der Waals surface area contributed by atoms with Crippen LogP contribution in [0.1, 0.15) is 35.4 Å². The van der Waals surface area contributed by atoms with Crippen LogP contribution in [0.15, 0.2) is 27.6 Å². The molecule has 0 bridgehead atoms. The van der Waals surface area contributed by atoms with E-state index in [1.165, 1.54) is 9.87 Å². The van der Waals surface area contributed by atoms with Crippen molar-refractivity contribution in [3.05, 3.63) is 40.8 Å². The highest BCUT2D eigenvalue weighted by atomic mass is 32.2. The number of nitrogens with zero attached hydrogens (tertiary/aromatic N) is 3. The molecule has 7 nitrogen and oxygen atoms in total. The smallest absolute Gasteiger partial charge is 0.248 e. The Bertz CT molecular complexity index is 1000. The number of hydrogen-bond donors (Lipinski definition) is 0. The second-order valence-corrected chi connectivity index (χ2v) is 9.53. The van der Waals surface area contributed by atoms with Gasteiger partial charge in [0.2, 0.25) is 15.9 Å². The van der Waals surface area contributed by atoms with Gasteiger partial charge in [-0.3, -0.25) is 4.79 Å². The predicted molar refractivity (Wildman–Crippen MR) is 105 cm³/mol. The Morgan fingerprint density at radius 2 is 1.86 bits per heavy atom. The van der Waals surface area contributed by atoms with Gasteiger partial charge in [-0.1, -0.05) is 23.4 Å². The van der Waals surface area contributed by atoms with Gasteiger partial charge in [-0.05, 0) is 51.2 Å². The summed E-state index contributed by atoms with van der Waals surface area (Å²) in [6.45, 7) is 6.64. The molecule has 0 aliphatic carbocycles. The molecule has 4 rings (SSSR count). The molecule has 2 aliphatic rings. The van der Waals surface area contributed by atoms with E-state index < -0.39 is 10.0 Å². The van der Waals surface area contributed by atoms with Gasteiger partial charge in [0.15, 0.2) is 5.76 Å². The second kappa shape index (κ2) is 7.00. The van der Waals surface area contributed by atoms with Gasteiger partial charge in [0.25, 0.3) is 0 Å². The Balaban J connectivity index is 1.48. The lowest BCUT2D eigenvalue weighted by atomic mass is 9.96. The van der Waals surface area contributed by atoms with E-state index in [4.69, 9.17) is 4.52 Å². The third kappa shape index (κ3) is 3.04. The minimum absolute atomic E-state index is 0.113. The van der Waals surface area contributed by atoms with E-state index in [-0.39, 0.29) is 16.7 Å². The van der Waals surface area contributed by atoms with Crippen molar-refractivity contribution in [2.75, 3.05) is 24.5 Å². The molecule has 2 aromatic rings. The van der Waals surface area contributed by atoms with Crippen LogP contribution >= 0.6 is 0 Å². The highest BCUT2D eigenvalue weighted by molar-refractivity contribution is 7.89. The lowest BCUT2D eigenvalue weighted by molar-refractivity contribution is -0.123. The third-order valence-electron chi connectivity index (χ3n) is 5.83. The first-order valence-electron chi connectivity index (χ1n) is 9.63. The standard InChI is InChI=1S/C20H25N3O4S/c1-13-5-4-6-16-9-12-23(18(13)16)20(24)17-7-10-22(11-8-17)28(25,26)19-14(2)21-27-15(19)3/h4-6,17H,7-12H2,1-3H3. The number of aromatic nitrogens is 1. The number of para-hydroxylation sites is 1. The Labute approximate surface area is 165 Å². The number of amides is 1. The molecule has 1 amide bonds. The summed E-state index contributed by atoms with van der Waals surface area (Å²) < 4.78 is 32.4. The van der Waals surface area contributed by atoms with Gasteiger partial charge in [0.1, 0.15) is 10.6 Å². The van der Waals surface area contributed by atoms with Crippen LogP contribution in [0.3, 0.4) is 0 Å². The number of fused-ring (bicyclic) bond motifs is 1. The van der Waals surface area contributed by atoms with Crippen LogP contribution < -0.4 is 4.90 Å². The monoisotopic (exact) mass is 403 g/mol. The second-order valence-electron chi connectivity index (χ2n) is 7.65. The molecule has 0 radical (unpaired) electrons. The van der Waals surface area contributed by atoms with Crippen LogP contribution in [0.25, 0.3) is 0 Å². The number of anilines is 1. The zero-order chi connectivity index (χ0) is 20.1. The lowest BCUT2D eigenvalue weighted by Gasteiger charge is -2.32. The van der Waals surface area contributed by atoms with Crippen LogP contribution in [-0.2, 0) is 21.2 Å². The SMILES string of the molecule is Cc1cccc2c1N(C(=O)C1CCN(S(=O)(=O)c3c(C)noc3C)CC1)CC2. The molecule has 1 fully saturated rings. The predicted octanol–water partition coefficient (Wildman–Crippen LogP) is 2.59. The largest absolute Gasteiger partial charge is 0.360 e. The van der Waals surface area contributed by atoms with Crippen LogP contribution in [-0.4, -0.2) is 43.4 Å². The van der Waals surface area contributed by atoms with Gasteiger partial charge < -0.3 is 9.42 Å². The van der Waals surface area contributed by atoms with Gasteiger partial charge in [0, 0.05) is 31.2 Å². The van der Waals surface area contributed by atoms with E-state index in [9.17, 15) is 13.2 Å². The van der Waals surface area contributed by atoms with Crippen molar-refractivity contribution < 1.29 is 17.7 Å². The van der Waals surface area contributed by atoms with Crippen molar-refractivity contribution in [3.63, 3.8) is 0 Å². The first-order valence-corrected chi connectivity index (χ1v) is 11.1. The minimum atomic E-state index is -3.65. The highest BCUT2D eigenvalue weighted by Gasteiger charge is 2.38. The van der Waals surface area contributed by atoms with Crippen molar-refractivity contribution in [2.24, 2.45) is 5.92 Å². The quantitative estimate of drug-likeness (QED) is 0.787. The van der Waals surface area contributed by atoms with E-state index in [0.717, 1.165) is 17.7 Å². The maximum atomic E-state index is 13.1. The normalized spacial score (nSPS) is 18.5. The molecule has 1 aromatic heterocycles. The molecule has 28 heavy (non-hydrogen) atoms. The first-order chi connectivity index (χ1) is 13.3. The summed E-state index contributed by atoms with van der Waals surface area (Å²) in [4.78, 5) is 15.2. The molecule has 0 atom stereocenters. The van der Waals surface area contributed by atoms with Crippen LogP contribution in [0, 0.1) is 26.7 Å². The Morgan fingerprint density at radius 1 is 1.14 bits per heavy atom. The molecular formula is C20H25N3O4S. The molecular weight excluding hydrogens is 378 g/mol. The lowest BCUT2D eigenvalue weighted by Crippen LogP contribution is -2.44. The average molecular weight is 404 g/mol. The number of aryl methyl sites for hydroxylation is 3. The Kier molecular flexibility index (Phi) is 4.79. The molecule has 3 heterocycles. The summed E-state index contributed by atoms with van der Waals surface area (Å²) in [6, 6.07) is 6.14. The number of carbonyl (C=O) groups is 1. The summed E-state index contributed by atoms with van der Waals surface area (Å²) in [7, 11) is -3.65. The van der Waals surface area contributed by atoms with Gasteiger partial charge in [-0.25, -0.2) is 8.42 Å². The van der Waals surface area contributed by atoms with Crippen molar-refractivity contribution >= 4 is 21.6 Å². The maximum Gasteiger partial charge on any atom is 0.248 e. The molecule has 1 saturated heterocycles. The third-order valence-corrected chi connectivity index (χ3v) is 7.97. The van der Waals surface area contributed by atoms with Gasteiger partial charge in [-0.2, -0.15) is 4.31 Å². The zero-order valence-electron chi connectivity index (χ0n) is 16.4. The summed E-state index contributed by atoms with van der Waals surface area (Å²) >= 11 is 0. The molecule has 0 saturated carbocycles. The fraction of sp³-hybridized carbons (Fsp3) is 0.500. The molecule has 0 unspecified atom stereocenters. The number of hydrogen-bond acceptors (Lipinski definition) is 5. The minimum Gasteiger partial charge on any atom is -0.360 e. The molecule has 0 spiro atoms. The molecule has 2 aliphatic heterocycles. The van der Waals surface area contributed by atoms with Gasteiger partial charge in [0.05, 0.1) is 0 Å². The molecule has 150 valence electrons. The number of sulfonamides is 1. The van der Waals surface area contributed by atoms with Gasteiger partial charge >= 0.3 is 0 Å². The zero-order valence-corrected chi connectivity index (χ0v) is 17.3. The summed E-state index contributed by atoms with van der Waals surface area (Å²) in [6.07, 6.45) is 1.93. The topological polar surface area (TPSA) is 83.7 Å². The fourth-order valence-electron chi connectivity index (χ4n) is 4.41. The number of carbonyl (C=O) groups excluding carboxylic acids is 1. The van der Waals surface area contributed by atoms with E-state index in [1.807, 2.05) is 24.0 Å². The number of piperidine rings is 1. The number of rotatable bonds is 3. The van der Waals surface area contributed by atoms with E-state index >= 15 is 0 Å². The average Bonchev–Trinajstić information content (AvgIpc) is 3.25. The van der Waals surface area contributed by atoms with Crippen LogP contribution in [0.5, 0.6) is 0 Å². The number of benzene rings is 1. The Hall–Kier alpha value is -2.19. The van der Waals surface area contributed by atoms with Gasteiger partial charge in [-0.15, -0.1) is 0 Å². The fourth-order valence-corrected chi connectivity index (χ4v) is 6.17. The van der Waals surface area contributed by atoms with E-state index in [1.54, 1.807) is 13.8 Å². The summed E-state index contributed by atoms with van der Waals surface area (Å²) in [5, 5.41) is 3.76. The summed E-state index contributed by atoms with van der Waals surface area (Å²) in [5.74, 6) is 0.268. The molecule has 1 aromatic carbocycles. The van der Waals surface area contributed by atoms with E-state index in [2.05, 4.69) is 11.2 Å².